The Labute approximate surface area is 112 Å². The van der Waals surface area contributed by atoms with E-state index in [9.17, 15) is 4.79 Å². The Morgan fingerprint density at radius 2 is 2.53 bits per heavy atom. The molecule has 0 unspecified atom stereocenters. The van der Waals surface area contributed by atoms with E-state index in [0.717, 1.165) is 5.56 Å². The quantitative estimate of drug-likeness (QED) is 0.886. The summed E-state index contributed by atoms with van der Waals surface area (Å²) < 4.78 is 10.4. The predicted molar refractivity (Wildman–Crippen MR) is 70.0 cm³/mol. The van der Waals surface area contributed by atoms with E-state index < -0.39 is 0 Å². The van der Waals surface area contributed by atoms with Crippen LogP contribution in [0.5, 0.6) is 5.88 Å². The van der Waals surface area contributed by atoms with Gasteiger partial charge in [-0.2, -0.15) is 0 Å². The molecule has 6 heteroatoms. The largest absolute Gasteiger partial charge is 0.481 e. The van der Waals surface area contributed by atoms with Crippen molar-refractivity contribution in [3.8, 4) is 5.88 Å². The van der Waals surface area contributed by atoms with Crippen molar-refractivity contribution in [3.05, 3.63) is 23.9 Å². The van der Waals surface area contributed by atoms with Gasteiger partial charge in [0, 0.05) is 25.4 Å². The predicted octanol–water partition coefficient (Wildman–Crippen LogP) is 1.02. The van der Waals surface area contributed by atoms with Crippen LogP contribution in [-0.2, 0) is 11.3 Å². The summed E-state index contributed by atoms with van der Waals surface area (Å²) in [7, 11) is 1.57. The van der Waals surface area contributed by atoms with Gasteiger partial charge in [-0.1, -0.05) is 0 Å². The van der Waals surface area contributed by atoms with Crippen molar-refractivity contribution in [2.24, 2.45) is 0 Å². The third kappa shape index (κ3) is 3.57. The van der Waals surface area contributed by atoms with E-state index in [4.69, 9.17) is 9.47 Å². The van der Waals surface area contributed by atoms with E-state index in [2.05, 4.69) is 10.3 Å². The number of rotatable bonds is 3. The number of ether oxygens (including phenoxy) is 2. The fraction of sp³-hybridized carbons (Fsp3) is 0.538. The molecule has 2 amide bonds. The number of aromatic nitrogens is 1. The van der Waals surface area contributed by atoms with Crippen molar-refractivity contribution in [1.82, 2.24) is 15.2 Å². The number of amides is 2. The highest BCUT2D eigenvalue weighted by Crippen LogP contribution is 2.09. The number of urea groups is 1. The minimum Gasteiger partial charge on any atom is -0.481 e. The number of pyridine rings is 1. The maximum Gasteiger partial charge on any atom is 0.318 e. The summed E-state index contributed by atoms with van der Waals surface area (Å²) in [5.74, 6) is 0.548. The first kappa shape index (κ1) is 13.6. The fourth-order valence-electron chi connectivity index (χ4n) is 1.98. The molecular weight excluding hydrogens is 246 g/mol. The molecule has 0 aromatic carbocycles. The molecular formula is C13H19N3O3. The smallest absolute Gasteiger partial charge is 0.318 e. The molecule has 1 N–H and O–H groups in total. The molecule has 6 nitrogen and oxygen atoms in total. The Balaban J connectivity index is 1.88. The summed E-state index contributed by atoms with van der Waals surface area (Å²) >= 11 is 0. The normalized spacial score (nSPS) is 19.1. The Morgan fingerprint density at radius 3 is 3.26 bits per heavy atom. The molecule has 1 atom stereocenters. The van der Waals surface area contributed by atoms with Crippen LogP contribution >= 0.6 is 0 Å². The van der Waals surface area contributed by atoms with E-state index in [1.54, 1.807) is 18.2 Å². The van der Waals surface area contributed by atoms with Crippen LogP contribution in [0.4, 0.5) is 4.79 Å². The molecule has 2 rings (SSSR count). The molecule has 0 radical (unpaired) electrons. The van der Waals surface area contributed by atoms with Crippen LogP contribution in [0.3, 0.4) is 0 Å². The number of hydrogen-bond acceptors (Lipinski definition) is 4. The number of hydrogen-bond donors (Lipinski definition) is 1. The lowest BCUT2D eigenvalue weighted by Crippen LogP contribution is -2.51. The highest BCUT2D eigenvalue weighted by molar-refractivity contribution is 5.74. The highest BCUT2D eigenvalue weighted by Gasteiger charge is 2.23. The lowest BCUT2D eigenvalue weighted by atomic mass is 10.2. The van der Waals surface area contributed by atoms with Crippen molar-refractivity contribution in [2.75, 3.05) is 26.9 Å². The monoisotopic (exact) mass is 265 g/mol. The average Bonchev–Trinajstić information content (AvgIpc) is 2.45. The van der Waals surface area contributed by atoms with Crippen LogP contribution in [0.25, 0.3) is 0 Å². The van der Waals surface area contributed by atoms with Gasteiger partial charge in [-0.25, -0.2) is 9.78 Å². The first-order chi connectivity index (χ1) is 9.20. The molecule has 0 bridgehead atoms. The zero-order valence-electron chi connectivity index (χ0n) is 11.3. The highest BCUT2D eigenvalue weighted by atomic mass is 16.5. The number of carbonyl (C=O) groups is 1. The van der Waals surface area contributed by atoms with E-state index in [1.807, 2.05) is 19.1 Å². The van der Waals surface area contributed by atoms with Gasteiger partial charge in [0.15, 0.2) is 0 Å². The molecule has 0 spiro atoms. The lowest BCUT2D eigenvalue weighted by molar-refractivity contribution is 0.0190. The van der Waals surface area contributed by atoms with Gasteiger partial charge in [0.2, 0.25) is 5.88 Å². The van der Waals surface area contributed by atoms with Gasteiger partial charge >= 0.3 is 6.03 Å². The zero-order valence-corrected chi connectivity index (χ0v) is 11.3. The average molecular weight is 265 g/mol. The van der Waals surface area contributed by atoms with Gasteiger partial charge in [-0.05, 0) is 18.6 Å². The number of methoxy groups -OCH3 is 1. The standard InChI is InChI=1S/C13H19N3O3/c1-10-9-19-6-5-16(10)13(17)15-8-11-3-4-14-12(7-11)18-2/h3-4,7,10H,5-6,8-9H2,1-2H3,(H,15,17)/t10-/m1/s1. The molecule has 19 heavy (non-hydrogen) atoms. The van der Waals surface area contributed by atoms with Crippen molar-refractivity contribution in [1.29, 1.82) is 0 Å². The molecule has 2 heterocycles. The van der Waals surface area contributed by atoms with Crippen LogP contribution in [0.1, 0.15) is 12.5 Å². The van der Waals surface area contributed by atoms with Crippen molar-refractivity contribution in [3.63, 3.8) is 0 Å². The molecule has 104 valence electrons. The third-order valence-corrected chi connectivity index (χ3v) is 3.08. The summed E-state index contributed by atoms with van der Waals surface area (Å²) in [6, 6.07) is 3.71. The molecule has 0 aliphatic carbocycles. The minimum atomic E-state index is -0.0634. The second-order valence-electron chi connectivity index (χ2n) is 4.48. The van der Waals surface area contributed by atoms with Crippen molar-refractivity contribution >= 4 is 6.03 Å². The van der Waals surface area contributed by atoms with E-state index in [-0.39, 0.29) is 12.1 Å². The number of nitrogens with one attached hydrogen (secondary N) is 1. The molecule has 1 aliphatic rings. The Morgan fingerprint density at radius 1 is 1.68 bits per heavy atom. The summed E-state index contributed by atoms with van der Waals surface area (Å²) in [5, 5.41) is 2.90. The van der Waals surface area contributed by atoms with Gasteiger partial charge in [0.05, 0.1) is 26.4 Å². The van der Waals surface area contributed by atoms with E-state index >= 15 is 0 Å². The molecule has 1 saturated heterocycles. The van der Waals surface area contributed by atoms with E-state index in [0.29, 0.717) is 32.2 Å². The number of carbonyl (C=O) groups excluding carboxylic acids is 1. The maximum atomic E-state index is 12.0. The molecule has 1 aromatic heterocycles. The second kappa shape index (κ2) is 6.38. The summed E-state index contributed by atoms with van der Waals surface area (Å²) in [6.07, 6.45) is 1.66. The Kier molecular flexibility index (Phi) is 4.57. The molecule has 0 saturated carbocycles. The van der Waals surface area contributed by atoms with Gasteiger partial charge in [-0.15, -0.1) is 0 Å². The van der Waals surface area contributed by atoms with Crippen LogP contribution in [-0.4, -0.2) is 48.8 Å². The first-order valence-corrected chi connectivity index (χ1v) is 6.32. The number of nitrogens with zero attached hydrogens (tertiary/aromatic N) is 2. The van der Waals surface area contributed by atoms with Crippen LogP contribution < -0.4 is 10.1 Å². The van der Waals surface area contributed by atoms with Crippen molar-refractivity contribution in [2.45, 2.75) is 19.5 Å². The van der Waals surface area contributed by atoms with Gasteiger partial charge < -0.3 is 19.7 Å². The zero-order chi connectivity index (χ0) is 13.7. The summed E-state index contributed by atoms with van der Waals surface area (Å²) in [4.78, 5) is 17.9. The second-order valence-corrected chi connectivity index (χ2v) is 4.48. The summed E-state index contributed by atoms with van der Waals surface area (Å²) in [6.45, 7) is 4.26. The van der Waals surface area contributed by atoms with Crippen LogP contribution in [0, 0.1) is 0 Å². The lowest BCUT2D eigenvalue weighted by Gasteiger charge is -2.33. The summed E-state index contributed by atoms with van der Waals surface area (Å²) in [5.41, 5.74) is 0.959. The Hall–Kier alpha value is -1.82. The van der Waals surface area contributed by atoms with Crippen LogP contribution in [0.2, 0.25) is 0 Å². The molecule has 1 aromatic rings. The van der Waals surface area contributed by atoms with Gasteiger partial charge in [-0.3, -0.25) is 0 Å². The van der Waals surface area contributed by atoms with Crippen molar-refractivity contribution < 1.29 is 14.3 Å². The third-order valence-electron chi connectivity index (χ3n) is 3.08. The maximum absolute atomic E-state index is 12.0. The Bertz CT molecular complexity index is 439. The van der Waals surface area contributed by atoms with Crippen LogP contribution in [0.15, 0.2) is 18.3 Å². The number of morpholine rings is 1. The molecule has 1 aliphatic heterocycles. The van der Waals surface area contributed by atoms with Gasteiger partial charge in [0.25, 0.3) is 0 Å². The SMILES string of the molecule is COc1cc(CNC(=O)N2CCOC[C@H]2C)ccn1. The van der Waals surface area contributed by atoms with E-state index in [1.165, 1.54) is 0 Å². The van der Waals surface area contributed by atoms with Gasteiger partial charge in [0.1, 0.15) is 0 Å². The molecule has 1 fully saturated rings. The topological polar surface area (TPSA) is 63.7 Å². The first-order valence-electron chi connectivity index (χ1n) is 6.32. The fourth-order valence-corrected chi connectivity index (χ4v) is 1.98. The minimum absolute atomic E-state index is 0.0634.